The molecule has 1 aromatic heterocycles. The van der Waals surface area contributed by atoms with E-state index < -0.39 is 5.97 Å². The summed E-state index contributed by atoms with van der Waals surface area (Å²) in [4.78, 5) is 24.9. The number of furan rings is 1. The zero-order valence-electron chi connectivity index (χ0n) is 18.3. The maximum absolute atomic E-state index is 12.8. The highest BCUT2D eigenvalue weighted by Crippen LogP contribution is 2.31. The van der Waals surface area contributed by atoms with Crippen molar-refractivity contribution >= 4 is 29.2 Å². The number of nitrogens with zero attached hydrogens (tertiary/aromatic N) is 1. The van der Waals surface area contributed by atoms with Gasteiger partial charge in [-0.15, -0.1) is 0 Å². The summed E-state index contributed by atoms with van der Waals surface area (Å²) in [7, 11) is 0. The van der Waals surface area contributed by atoms with E-state index in [1.807, 2.05) is 25.1 Å². The van der Waals surface area contributed by atoms with Crippen LogP contribution in [-0.4, -0.2) is 24.2 Å². The van der Waals surface area contributed by atoms with Gasteiger partial charge in [0.1, 0.15) is 17.3 Å². The maximum Gasteiger partial charge on any atom is 0.379 e. The first-order valence-corrected chi connectivity index (χ1v) is 10.9. The molecule has 2 aromatic carbocycles. The van der Waals surface area contributed by atoms with Gasteiger partial charge in [-0.05, 0) is 62.6 Å². The van der Waals surface area contributed by atoms with Gasteiger partial charge in [0.2, 0.25) is 5.76 Å². The van der Waals surface area contributed by atoms with Crippen molar-refractivity contribution in [2.24, 2.45) is 5.10 Å². The largest absolute Gasteiger partial charge is 0.484 e. The molecular formula is C25H23ClN2O5. The zero-order valence-corrected chi connectivity index (χ0v) is 19.1. The van der Waals surface area contributed by atoms with E-state index in [0.717, 1.165) is 17.5 Å². The number of halogens is 1. The third-order valence-electron chi connectivity index (χ3n) is 5.28. The molecule has 0 radical (unpaired) electrons. The minimum atomic E-state index is -0.594. The van der Waals surface area contributed by atoms with Crippen LogP contribution in [0.15, 0.2) is 58.0 Å². The minimum absolute atomic E-state index is 0.126. The van der Waals surface area contributed by atoms with Crippen LogP contribution in [0.3, 0.4) is 0 Å². The van der Waals surface area contributed by atoms with Gasteiger partial charge in [-0.25, -0.2) is 10.2 Å². The first-order valence-electron chi connectivity index (χ1n) is 10.6. The third kappa shape index (κ3) is 5.26. The summed E-state index contributed by atoms with van der Waals surface area (Å²) in [6.45, 7) is 3.46. The molecule has 0 saturated carbocycles. The number of ether oxygens (including phenoxy) is 2. The van der Waals surface area contributed by atoms with Gasteiger partial charge in [0, 0.05) is 22.6 Å². The number of hydrazone groups is 1. The van der Waals surface area contributed by atoms with Crippen molar-refractivity contribution in [2.45, 2.75) is 33.1 Å². The number of carbonyl (C=O) groups is 2. The van der Waals surface area contributed by atoms with Gasteiger partial charge < -0.3 is 13.9 Å². The second-order valence-corrected chi connectivity index (χ2v) is 8.11. The van der Waals surface area contributed by atoms with Gasteiger partial charge in [-0.3, -0.25) is 4.79 Å². The van der Waals surface area contributed by atoms with Gasteiger partial charge >= 0.3 is 5.97 Å². The number of nitrogens with one attached hydrogen (secondary N) is 1. The molecule has 0 bridgehead atoms. The quantitative estimate of drug-likeness (QED) is 0.313. The Morgan fingerprint density at radius 1 is 1.09 bits per heavy atom. The SMILES string of the molecule is Cc1cc(OC(=O)c2oc3c(c2C)/C(=N/NC(=O)COc2ccccc2)CCC3)ccc1Cl. The van der Waals surface area contributed by atoms with Gasteiger partial charge in [0.15, 0.2) is 6.61 Å². The molecule has 33 heavy (non-hydrogen) atoms. The van der Waals surface area contributed by atoms with Crippen LogP contribution in [0.1, 0.15) is 45.8 Å². The lowest BCUT2D eigenvalue weighted by atomic mass is 9.93. The molecule has 4 rings (SSSR count). The van der Waals surface area contributed by atoms with Crippen molar-refractivity contribution in [1.29, 1.82) is 0 Å². The van der Waals surface area contributed by atoms with E-state index in [-0.39, 0.29) is 18.3 Å². The molecule has 0 unspecified atom stereocenters. The summed E-state index contributed by atoms with van der Waals surface area (Å²) in [6, 6.07) is 14.1. The summed E-state index contributed by atoms with van der Waals surface area (Å²) in [5.41, 5.74) is 5.37. The lowest BCUT2D eigenvalue weighted by molar-refractivity contribution is -0.123. The Balaban J connectivity index is 1.46. The van der Waals surface area contributed by atoms with Crippen molar-refractivity contribution in [3.63, 3.8) is 0 Å². The van der Waals surface area contributed by atoms with E-state index in [1.165, 1.54) is 0 Å². The minimum Gasteiger partial charge on any atom is -0.484 e. The van der Waals surface area contributed by atoms with E-state index in [9.17, 15) is 9.59 Å². The Bertz CT molecular complexity index is 1220. The molecule has 0 atom stereocenters. The Hall–Kier alpha value is -3.58. The molecule has 1 aliphatic rings. The van der Waals surface area contributed by atoms with E-state index in [4.69, 9.17) is 25.5 Å². The number of para-hydroxylation sites is 1. The molecule has 0 saturated heterocycles. The Kier molecular flexibility index (Phi) is 6.79. The summed E-state index contributed by atoms with van der Waals surface area (Å²) < 4.78 is 16.8. The maximum atomic E-state index is 12.8. The number of rotatable bonds is 6. The fourth-order valence-electron chi connectivity index (χ4n) is 3.64. The highest BCUT2D eigenvalue weighted by atomic mass is 35.5. The first kappa shape index (κ1) is 22.6. The molecule has 1 N–H and O–H groups in total. The number of benzene rings is 2. The lowest BCUT2D eigenvalue weighted by Gasteiger charge is -2.13. The van der Waals surface area contributed by atoms with Gasteiger partial charge in [0.25, 0.3) is 5.91 Å². The van der Waals surface area contributed by atoms with Crippen molar-refractivity contribution in [1.82, 2.24) is 5.43 Å². The summed E-state index contributed by atoms with van der Waals surface area (Å²) in [5.74, 6) is 0.799. The van der Waals surface area contributed by atoms with Crippen molar-refractivity contribution in [3.8, 4) is 11.5 Å². The smallest absolute Gasteiger partial charge is 0.379 e. The van der Waals surface area contributed by atoms with Gasteiger partial charge in [-0.2, -0.15) is 5.10 Å². The fraction of sp³-hybridized carbons (Fsp3) is 0.240. The van der Waals surface area contributed by atoms with Crippen molar-refractivity contribution in [3.05, 3.63) is 81.8 Å². The number of hydrogen-bond acceptors (Lipinski definition) is 6. The van der Waals surface area contributed by atoms with Gasteiger partial charge in [-0.1, -0.05) is 29.8 Å². The van der Waals surface area contributed by atoms with Crippen LogP contribution in [0, 0.1) is 13.8 Å². The lowest BCUT2D eigenvalue weighted by Crippen LogP contribution is -2.27. The molecule has 170 valence electrons. The molecule has 3 aromatic rings. The predicted octanol–water partition coefficient (Wildman–Crippen LogP) is 5.00. The van der Waals surface area contributed by atoms with E-state index in [1.54, 1.807) is 37.3 Å². The van der Waals surface area contributed by atoms with Crippen molar-refractivity contribution in [2.75, 3.05) is 6.61 Å². The standard InChI is InChI=1S/C25H23ClN2O5/c1-15-13-18(11-12-19(15)26)32-25(30)24-16(2)23-20(9-6-10-21(23)33-24)27-28-22(29)14-31-17-7-4-3-5-8-17/h3-5,7-8,11-13H,6,9-10,14H2,1-2H3,(H,28,29)/b27-20+. The molecule has 0 spiro atoms. The number of fused-ring (bicyclic) bond motifs is 1. The molecule has 7 nitrogen and oxygen atoms in total. The predicted molar refractivity (Wildman–Crippen MR) is 124 cm³/mol. The highest BCUT2D eigenvalue weighted by Gasteiger charge is 2.29. The normalized spacial score (nSPS) is 14.0. The van der Waals surface area contributed by atoms with Crippen LogP contribution >= 0.6 is 11.6 Å². The molecule has 8 heteroatoms. The van der Waals surface area contributed by atoms with Crippen LogP contribution in [0.25, 0.3) is 0 Å². The highest BCUT2D eigenvalue weighted by molar-refractivity contribution is 6.31. The Morgan fingerprint density at radius 2 is 1.88 bits per heavy atom. The molecular weight excluding hydrogens is 444 g/mol. The van der Waals surface area contributed by atoms with Crippen molar-refractivity contribution < 1.29 is 23.5 Å². The number of aryl methyl sites for hydroxylation is 2. The van der Waals surface area contributed by atoms with E-state index in [2.05, 4.69) is 10.5 Å². The third-order valence-corrected chi connectivity index (χ3v) is 5.70. The second kappa shape index (κ2) is 9.92. The topological polar surface area (TPSA) is 90.1 Å². The van der Waals surface area contributed by atoms with E-state index >= 15 is 0 Å². The summed E-state index contributed by atoms with van der Waals surface area (Å²) in [5, 5.41) is 4.88. The van der Waals surface area contributed by atoms with Crippen LogP contribution in [-0.2, 0) is 11.2 Å². The second-order valence-electron chi connectivity index (χ2n) is 7.70. The average molecular weight is 467 g/mol. The molecule has 1 heterocycles. The number of amides is 1. The van der Waals surface area contributed by atoms with E-state index in [0.29, 0.717) is 46.4 Å². The number of hydrogen-bond donors (Lipinski definition) is 1. The summed E-state index contributed by atoms with van der Waals surface area (Å²) >= 11 is 6.04. The Labute approximate surface area is 196 Å². The fourth-order valence-corrected chi connectivity index (χ4v) is 3.75. The zero-order chi connectivity index (χ0) is 23.4. The number of esters is 1. The van der Waals surface area contributed by atoms with Gasteiger partial charge in [0.05, 0.1) is 5.71 Å². The monoisotopic (exact) mass is 466 g/mol. The molecule has 1 amide bonds. The van der Waals surface area contributed by atoms with Crippen LogP contribution in [0.2, 0.25) is 5.02 Å². The van der Waals surface area contributed by atoms with Crippen LogP contribution < -0.4 is 14.9 Å². The molecule has 0 fully saturated rings. The van der Waals surface area contributed by atoms with Crippen LogP contribution in [0.4, 0.5) is 0 Å². The number of carbonyl (C=O) groups excluding carboxylic acids is 2. The Morgan fingerprint density at radius 3 is 2.64 bits per heavy atom. The molecule has 0 aliphatic heterocycles. The molecule has 1 aliphatic carbocycles. The summed E-state index contributed by atoms with van der Waals surface area (Å²) in [6.07, 6.45) is 2.12. The average Bonchev–Trinajstić information content (AvgIpc) is 3.16. The first-order chi connectivity index (χ1) is 15.9. The van der Waals surface area contributed by atoms with Crippen LogP contribution in [0.5, 0.6) is 11.5 Å².